The summed E-state index contributed by atoms with van der Waals surface area (Å²) in [4.78, 5) is 4.30. The quantitative estimate of drug-likeness (QED) is 0.776. The van der Waals surface area contributed by atoms with Crippen molar-refractivity contribution in [3.8, 4) is 0 Å². The largest absolute Gasteiger partial charge is 0.365 e. The minimum atomic E-state index is 0.0720. The molecule has 0 aliphatic rings. The molecular weight excluding hydrogens is 172 g/mol. The monoisotopic (exact) mass is 192 g/mol. The number of nitrogens with zero attached hydrogens (tertiary/aromatic N) is 1. The van der Waals surface area contributed by atoms with Crippen molar-refractivity contribution in [2.24, 2.45) is 0 Å². The zero-order valence-electron chi connectivity index (χ0n) is 9.76. The van der Waals surface area contributed by atoms with Gasteiger partial charge in [0.25, 0.3) is 0 Å². The van der Waals surface area contributed by atoms with Gasteiger partial charge >= 0.3 is 0 Å². The Morgan fingerprint density at radius 1 is 1.29 bits per heavy atom. The van der Waals surface area contributed by atoms with Gasteiger partial charge in [0.15, 0.2) is 0 Å². The molecule has 0 fully saturated rings. The molecule has 1 aromatic rings. The van der Waals surface area contributed by atoms with E-state index in [0.29, 0.717) is 5.92 Å². The number of hydrogen-bond donors (Lipinski definition) is 1. The summed E-state index contributed by atoms with van der Waals surface area (Å²) in [5.41, 5.74) is 1.40. The van der Waals surface area contributed by atoms with Crippen LogP contribution >= 0.6 is 0 Å². The Hall–Kier alpha value is -1.05. The van der Waals surface area contributed by atoms with Crippen LogP contribution in [0.25, 0.3) is 0 Å². The van der Waals surface area contributed by atoms with Crippen LogP contribution < -0.4 is 5.32 Å². The van der Waals surface area contributed by atoms with Crippen molar-refractivity contribution in [1.82, 2.24) is 4.98 Å². The highest BCUT2D eigenvalue weighted by molar-refractivity contribution is 5.40. The van der Waals surface area contributed by atoms with Crippen molar-refractivity contribution >= 4 is 5.82 Å². The molecular formula is C12H20N2. The lowest BCUT2D eigenvalue weighted by atomic mass is 10.0. The molecule has 0 atom stereocenters. The molecule has 0 aliphatic carbocycles. The number of aromatic nitrogens is 1. The standard InChI is InChI=1S/C12H20N2/c1-9(2)10-6-7-13-11(8-10)14-12(3,4)5/h6-9H,1-5H3,(H,13,14). The number of nitrogens with one attached hydrogen (secondary N) is 1. The Morgan fingerprint density at radius 2 is 1.93 bits per heavy atom. The molecule has 0 bridgehead atoms. The number of anilines is 1. The van der Waals surface area contributed by atoms with Gasteiger partial charge in [-0.2, -0.15) is 0 Å². The van der Waals surface area contributed by atoms with E-state index in [1.54, 1.807) is 0 Å². The van der Waals surface area contributed by atoms with Crippen LogP contribution in [0.1, 0.15) is 46.1 Å². The van der Waals surface area contributed by atoms with Crippen LogP contribution in [0.15, 0.2) is 18.3 Å². The maximum absolute atomic E-state index is 4.30. The highest BCUT2D eigenvalue weighted by Gasteiger charge is 2.10. The van der Waals surface area contributed by atoms with E-state index in [-0.39, 0.29) is 5.54 Å². The molecule has 1 aromatic heterocycles. The summed E-state index contributed by atoms with van der Waals surface area (Å²) in [7, 11) is 0. The minimum Gasteiger partial charge on any atom is -0.365 e. The Bertz CT molecular complexity index is 297. The molecule has 0 aromatic carbocycles. The SMILES string of the molecule is CC(C)c1ccnc(NC(C)(C)C)c1. The Balaban J connectivity index is 2.84. The molecule has 0 unspecified atom stereocenters. The highest BCUT2D eigenvalue weighted by Crippen LogP contribution is 2.18. The third kappa shape index (κ3) is 3.36. The lowest BCUT2D eigenvalue weighted by molar-refractivity contribution is 0.630. The van der Waals surface area contributed by atoms with Gasteiger partial charge in [0.2, 0.25) is 0 Å². The van der Waals surface area contributed by atoms with Gasteiger partial charge in [-0.1, -0.05) is 13.8 Å². The fourth-order valence-corrected chi connectivity index (χ4v) is 1.26. The lowest BCUT2D eigenvalue weighted by Crippen LogP contribution is -2.26. The van der Waals surface area contributed by atoms with Crippen LogP contribution in [0, 0.1) is 0 Å². The molecule has 2 nitrogen and oxygen atoms in total. The van der Waals surface area contributed by atoms with Gasteiger partial charge < -0.3 is 5.32 Å². The summed E-state index contributed by atoms with van der Waals surface area (Å²) in [6.07, 6.45) is 1.86. The van der Waals surface area contributed by atoms with Crippen LogP contribution in [-0.4, -0.2) is 10.5 Å². The van der Waals surface area contributed by atoms with Crippen molar-refractivity contribution in [2.45, 2.75) is 46.1 Å². The Morgan fingerprint density at radius 3 is 2.43 bits per heavy atom. The van der Waals surface area contributed by atoms with Gasteiger partial charge in [-0.3, -0.25) is 0 Å². The molecule has 0 spiro atoms. The van der Waals surface area contributed by atoms with Crippen LogP contribution in [0.5, 0.6) is 0 Å². The third-order valence-electron chi connectivity index (χ3n) is 1.95. The molecule has 0 saturated carbocycles. The zero-order chi connectivity index (χ0) is 10.8. The molecule has 1 rings (SSSR count). The summed E-state index contributed by atoms with van der Waals surface area (Å²) < 4.78 is 0. The van der Waals surface area contributed by atoms with E-state index < -0.39 is 0 Å². The Kier molecular flexibility index (Phi) is 3.14. The average molecular weight is 192 g/mol. The van der Waals surface area contributed by atoms with Crippen LogP contribution in [0.3, 0.4) is 0 Å². The molecule has 2 heteroatoms. The smallest absolute Gasteiger partial charge is 0.126 e. The van der Waals surface area contributed by atoms with E-state index in [1.807, 2.05) is 6.20 Å². The third-order valence-corrected chi connectivity index (χ3v) is 1.95. The average Bonchev–Trinajstić information content (AvgIpc) is 2.01. The maximum atomic E-state index is 4.30. The van der Waals surface area contributed by atoms with E-state index in [4.69, 9.17) is 0 Å². The second-order valence-electron chi connectivity index (χ2n) is 5.00. The first-order valence-corrected chi connectivity index (χ1v) is 5.12. The second-order valence-corrected chi connectivity index (χ2v) is 5.00. The van der Waals surface area contributed by atoms with E-state index in [9.17, 15) is 0 Å². The molecule has 1 heterocycles. The van der Waals surface area contributed by atoms with E-state index in [0.717, 1.165) is 5.82 Å². The molecule has 0 saturated heterocycles. The predicted molar refractivity (Wildman–Crippen MR) is 61.7 cm³/mol. The summed E-state index contributed by atoms with van der Waals surface area (Å²) in [5, 5.41) is 3.37. The van der Waals surface area contributed by atoms with Gasteiger partial charge in [0.05, 0.1) is 0 Å². The van der Waals surface area contributed by atoms with Gasteiger partial charge in [-0.25, -0.2) is 4.98 Å². The van der Waals surface area contributed by atoms with Gasteiger partial charge in [-0.15, -0.1) is 0 Å². The normalized spacial score (nSPS) is 11.9. The lowest BCUT2D eigenvalue weighted by Gasteiger charge is -2.21. The van der Waals surface area contributed by atoms with Crippen molar-refractivity contribution in [3.63, 3.8) is 0 Å². The second kappa shape index (κ2) is 3.99. The minimum absolute atomic E-state index is 0.0720. The first-order valence-electron chi connectivity index (χ1n) is 5.12. The van der Waals surface area contributed by atoms with Crippen molar-refractivity contribution in [2.75, 3.05) is 5.32 Å². The number of pyridine rings is 1. The topological polar surface area (TPSA) is 24.9 Å². The fraction of sp³-hybridized carbons (Fsp3) is 0.583. The Labute approximate surface area is 86.8 Å². The van der Waals surface area contributed by atoms with Gasteiger partial charge in [0.1, 0.15) is 5.82 Å². The summed E-state index contributed by atoms with van der Waals surface area (Å²) in [6, 6.07) is 4.19. The highest BCUT2D eigenvalue weighted by atomic mass is 15.0. The number of hydrogen-bond acceptors (Lipinski definition) is 2. The van der Waals surface area contributed by atoms with Gasteiger partial charge in [0, 0.05) is 11.7 Å². The van der Waals surface area contributed by atoms with Crippen LogP contribution in [-0.2, 0) is 0 Å². The van der Waals surface area contributed by atoms with Crippen LogP contribution in [0.4, 0.5) is 5.82 Å². The maximum Gasteiger partial charge on any atom is 0.126 e. The van der Waals surface area contributed by atoms with Crippen molar-refractivity contribution in [3.05, 3.63) is 23.9 Å². The van der Waals surface area contributed by atoms with Gasteiger partial charge in [-0.05, 0) is 44.4 Å². The molecule has 78 valence electrons. The molecule has 0 radical (unpaired) electrons. The summed E-state index contributed by atoms with van der Waals surface area (Å²) in [5.74, 6) is 1.52. The van der Waals surface area contributed by atoms with Crippen molar-refractivity contribution in [1.29, 1.82) is 0 Å². The van der Waals surface area contributed by atoms with E-state index in [1.165, 1.54) is 5.56 Å². The zero-order valence-corrected chi connectivity index (χ0v) is 9.76. The van der Waals surface area contributed by atoms with Crippen LogP contribution in [0.2, 0.25) is 0 Å². The molecule has 1 N–H and O–H groups in total. The van der Waals surface area contributed by atoms with Crippen molar-refractivity contribution < 1.29 is 0 Å². The first-order chi connectivity index (χ1) is 6.38. The molecule has 0 amide bonds. The predicted octanol–water partition coefficient (Wildman–Crippen LogP) is 3.42. The molecule has 0 aliphatic heterocycles. The fourth-order valence-electron chi connectivity index (χ4n) is 1.26. The molecule has 14 heavy (non-hydrogen) atoms. The number of rotatable bonds is 2. The first kappa shape index (κ1) is 11.0. The summed E-state index contributed by atoms with van der Waals surface area (Å²) >= 11 is 0. The summed E-state index contributed by atoms with van der Waals surface area (Å²) in [6.45, 7) is 10.8. The van der Waals surface area contributed by atoms with E-state index >= 15 is 0 Å². The van der Waals surface area contributed by atoms with E-state index in [2.05, 4.69) is 57.1 Å².